The van der Waals surface area contributed by atoms with Gasteiger partial charge in [-0.05, 0) is 51.2 Å². The molecule has 28 heavy (non-hydrogen) atoms. The highest BCUT2D eigenvalue weighted by Gasteiger charge is 2.30. The van der Waals surface area contributed by atoms with Crippen LogP contribution in [0.25, 0.3) is 0 Å². The summed E-state index contributed by atoms with van der Waals surface area (Å²) in [5.74, 6) is 1.24. The van der Waals surface area contributed by atoms with E-state index < -0.39 is 0 Å². The number of hydrogen-bond donors (Lipinski definition) is 3. The van der Waals surface area contributed by atoms with Gasteiger partial charge in [0.2, 0.25) is 0 Å². The number of H-pyrrole nitrogens is 1. The Morgan fingerprint density at radius 1 is 1.29 bits per heavy atom. The highest BCUT2D eigenvalue weighted by molar-refractivity contribution is 6.02. The molecule has 7 nitrogen and oxygen atoms in total. The second kappa shape index (κ2) is 7.66. The third kappa shape index (κ3) is 3.88. The monoisotopic (exact) mass is 382 g/mol. The van der Waals surface area contributed by atoms with Gasteiger partial charge in [0.1, 0.15) is 6.10 Å². The first kappa shape index (κ1) is 18.5. The van der Waals surface area contributed by atoms with Gasteiger partial charge in [-0.3, -0.25) is 9.89 Å². The molecule has 1 heterocycles. The Hall–Kier alpha value is -2.83. The van der Waals surface area contributed by atoms with Crippen molar-refractivity contribution in [2.24, 2.45) is 0 Å². The third-order valence-corrected chi connectivity index (χ3v) is 5.44. The Labute approximate surface area is 164 Å². The van der Waals surface area contributed by atoms with Crippen LogP contribution in [0.4, 0.5) is 16.3 Å². The van der Waals surface area contributed by atoms with Gasteiger partial charge in [-0.25, -0.2) is 4.79 Å². The first-order chi connectivity index (χ1) is 13.5. The molecule has 2 aliphatic rings. The summed E-state index contributed by atoms with van der Waals surface area (Å²) in [6, 6.07) is 7.86. The summed E-state index contributed by atoms with van der Waals surface area (Å²) in [5.41, 5.74) is 3.87. The second-order valence-electron chi connectivity index (χ2n) is 7.92. The van der Waals surface area contributed by atoms with Crippen LogP contribution in [0.2, 0.25) is 0 Å². The lowest BCUT2D eigenvalue weighted by Gasteiger charge is -2.14. The average molecular weight is 382 g/mol. The lowest BCUT2D eigenvalue weighted by Crippen LogP contribution is -2.33. The molecule has 3 N–H and O–H groups in total. The van der Waals surface area contributed by atoms with Crippen molar-refractivity contribution in [1.29, 1.82) is 0 Å². The van der Waals surface area contributed by atoms with Gasteiger partial charge in [-0.2, -0.15) is 5.10 Å². The van der Waals surface area contributed by atoms with Crippen LogP contribution in [0.15, 0.2) is 24.3 Å². The summed E-state index contributed by atoms with van der Waals surface area (Å²) in [5, 5.41) is 13.6. The van der Waals surface area contributed by atoms with E-state index >= 15 is 0 Å². The van der Waals surface area contributed by atoms with Crippen LogP contribution in [0, 0.1) is 0 Å². The number of Topliss-reactive ketones (excluding diaryl/α,β-unsaturated/α-hetero) is 1. The Morgan fingerprint density at radius 2 is 2.14 bits per heavy atom. The molecule has 2 aliphatic carbocycles. The van der Waals surface area contributed by atoms with E-state index in [1.165, 1.54) is 0 Å². The van der Waals surface area contributed by atoms with Crippen molar-refractivity contribution < 1.29 is 14.3 Å². The molecule has 148 valence electrons. The molecule has 2 atom stereocenters. The van der Waals surface area contributed by atoms with Crippen molar-refractivity contribution in [1.82, 2.24) is 15.5 Å². The van der Waals surface area contributed by atoms with Crippen LogP contribution in [-0.2, 0) is 11.2 Å². The van der Waals surface area contributed by atoms with Crippen molar-refractivity contribution >= 4 is 23.4 Å². The van der Waals surface area contributed by atoms with Gasteiger partial charge in [0.25, 0.3) is 0 Å². The molecule has 4 rings (SSSR count). The summed E-state index contributed by atoms with van der Waals surface area (Å²) in [6.07, 6.45) is 3.54. The Morgan fingerprint density at radius 3 is 2.96 bits per heavy atom. The topological polar surface area (TPSA) is 96.1 Å². The molecule has 0 bridgehead atoms. The minimum atomic E-state index is -0.347. The summed E-state index contributed by atoms with van der Waals surface area (Å²) in [4.78, 5) is 23.7. The number of nitrogens with one attached hydrogen (secondary N) is 3. The minimum Gasteiger partial charge on any atom is -0.446 e. The van der Waals surface area contributed by atoms with E-state index in [1.807, 2.05) is 38.1 Å². The van der Waals surface area contributed by atoms with E-state index in [2.05, 4.69) is 20.8 Å². The van der Waals surface area contributed by atoms with Gasteiger partial charge >= 0.3 is 6.09 Å². The smallest absolute Gasteiger partial charge is 0.407 e. The zero-order valence-electron chi connectivity index (χ0n) is 16.2. The lowest BCUT2D eigenvalue weighted by atomic mass is 10.0. The highest BCUT2D eigenvalue weighted by atomic mass is 16.6. The zero-order chi connectivity index (χ0) is 19.7. The van der Waals surface area contributed by atoms with Gasteiger partial charge in [0, 0.05) is 41.4 Å². The molecule has 0 aliphatic heterocycles. The fraction of sp³-hybridized carbons (Fsp3) is 0.476. The fourth-order valence-electron chi connectivity index (χ4n) is 4.11. The standard InChI is InChI=1S/C21H26N4O3/c1-12(2)22-21(27)28-14-7-6-13(10-14)18-11-20(25-24-18)23-17-5-3-4-16-15(17)8-9-19(16)26/h3-5,11-14H,6-10H2,1-2H3,(H,22,27)(H2,23,24,25)/t13-,14+/m0/s1. The molecule has 0 unspecified atom stereocenters. The van der Waals surface area contributed by atoms with Gasteiger partial charge in [0.05, 0.1) is 0 Å². The maximum absolute atomic E-state index is 11.9. The number of aromatic amines is 1. The third-order valence-electron chi connectivity index (χ3n) is 5.44. The number of aromatic nitrogens is 2. The van der Waals surface area contributed by atoms with Gasteiger partial charge in [-0.15, -0.1) is 0 Å². The quantitative estimate of drug-likeness (QED) is 0.725. The van der Waals surface area contributed by atoms with Crippen LogP contribution in [0.1, 0.15) is 67.1 Å². The largest absolute Gasteiger partial charge is 0.446 e. The van der Waals surface area contributed by atoms with E-state index in [4.69, 9.17) is 4.74 Å². The normalized spacial score (nSPS) is 21.0. The van der Waals surface area contributed by atoms with Crippen molar-refractivity contribution in [3.8, 4) is 0 Å². The van der Waals surface area contributed by atoms with Crippen LogP contribution in [0.3, 0.4) is 0 Å². The summed E-state index contributed by atoms with van der Waals surface area (Å²) >= 11 is 0. The molecular weight excluding hydrogens is 356 g/mol. The average Bonchev–Trinajstić information content (AvgIpc) is 3.36. The van der Waals surface area contributed by atoms with E-state index in [-0.39, 0.29) is 24.0 Å². The number of ketones is 1. The molecule has 1 amide bonds. The molecule has 1 aromatic carbocycles. The molecule has 0 spiro atoms. The van der Waals surface area contributed by atoms with E-state index in [0.29, 0.717) is 12.3 Å². The Bertz CT molecular complexity index is 890. The van der Waals surface area contributed by atoms with Gasteiger partial charge in [0.15, 0.2) is 11.6 Å². The maximum atomic E-state index is 11.9. The number of hydrogen-bond acceptors (Lipinski definition) is 5. The number of anilines is 2. The number of benzene rings is 1. The maximum Gasteiger partial charge on any atom is 0.407 e. The van der Waals surface area contributed by atoms with Crippen molar-refractivity contribution in [3.63, 3.8) is 0 Å². The predicted molar refractivity (Wildman–Crippen MR) is 106 cm³/mol. The SMILES string of the molecule is CC(C)NC(=O)O[C@@H]1CC[C@H](c2cc(Nc3cccc4c3CCC4=O)n[nH]2)C1. The van der Waals surface area contributed by atoms with Crippen molar-refractivity contribution in [3.05, 3.63) is 41.1 Å². The molecule has 7 heteroatoms. The predicted octanol–water partition coefficient (Wildman–Crippen LogP) is 4.05. The number of amides is 1. The Balaban J connectivity index is 1.38. The van der Waals surface area contributed by atoms with Crippen molar-refractivity contribution in [2.75, 3.05) is 5.32 Å². The van der Waals surface area contributed by atoms with Crippen LogP contribution >= 0.6 is 0 Å². The van der Waals surface area contributed by atoms with Crippen molar-refractivity contribution in [2.45, 2.75) is 64.0 Å². The number of fused-ring (bicyclic) bond motifs is 1. The highest BCUT2D eigenvalue weighted by Crippen LogP contribution is 2.36. The number of nitrogens with zero attached hydrogens (tertiary/aromatic N) is 1. The number of ether oxygens (including phenoxy) is 1. The van der Waals surface area contributed by atoms with Gasteiger partial charge in [-0.1, -0.05) is 12.1 Å². The molecule has 1 fully saturated rings. The fourth-order valence-corrected chi connectivity index (χ4v) is 4.11. The minimum absolute atomic E-state index is 0.0631. The van der Waals surface area contributed by atoms with Gasteiger partial charge < -0.3 is 15.4 Å². The van der Waals surface area contributed by atoms with E-state index in [9.17, 15) is 9.59 Å². The number of rotatable bonds is 5. The van der Waals surface area contributed by atoms with Crippen LogP contribution < -0.4 is 10.6 Å². The zero-order valence-corrected chi connectivity index (χ0v) is 16.2. The second-order valence-corrected chi connectivity index (χ2v) is 7.92. The first-order valence-electron chi connectivity index (χ1n) is 9.94. The molecule has 1 aromatic heterocycles. The molecule has 2 aromatic rings. The summed E-state index contributed by atoms with van der Waals surface area (Å²) < 4.78 is 5.50. The number of carbonyl (C=O) groups excluding carboxylic acids is 2. The summed E-state index contributed by atoms with van der Waals surface area (Å²) in [7, 11) is 0. The molecule has 0 saturated heterocycles. The first-order valence-corrected chi connectivity index (χ1v) is 9.94. The lowest BCUT2D eigenvalue weighted by molar-refractivity contribution is 0.0977. The van der Waals surface area contributed by atoms with E-state index in [0.717, 1.165) is 54.0 Å². The molecular formula is C21H26N4O3. The van der Waals surface area contributed by atoms with E-state index in [1.54, 1.807) is 0 Å². The Kier molecular flexibility index (Phi) is 5.07. The summed E-state index contributed by atoms with van der Waals surface area (Å²) in [6.45, 7) is 3.83. The molecule has 0 radical (unpaired) electrons. The number of carbonyl (C=O) groups is 2. The molecule has 1 saturated carbocycles. The van der Waals surface area contributed by atoms with Crippen LogP contribution in [-0.4, -0.2) is 34.2 Å². The van der Waals surface area contributed by atoms with Crippen LogP contribution in [0.5, 0.6) is 0 Å². The number of alkyl carbamates (subject to hydrolysis) is 1.